The summed E-state index contributed by atoms with van der Waals surface area (Å²) in [7, 11) is -4.62. The van der Waals surface area contributed by atoms with Gasteiger partial charge in [0.2, 0.25) is 0 Å². The lowest BCUT2D eigenvalue weighted by molar-refractivity contribution is 0.552. The molecule has 0 N–H and O–H groups in total. The molecule has 78 valence electrons. The van der Waals surface area contributed by atoms with E-state index >= 15 is 0 Å². The average Bonchev–Trinajstić information content (AvgIpc) is 2.69. The first-order valence-corrected chi connectivity index (χ1v) is 6.11. The molecule has 2 aromatic rings. The maximum Gasteiger partial charge on any atom is 0.332 e. The maximum atomic E-state index is 12.5. The Labute approximate surface area is 89.8 Å². The van der Waals surface area contributed by atoms with Gasteiger partial charge in [0.1, 0.15) is 5.69 Å². The molecule has 0 aliphatic heterocycles. The monoisotopic (exact) mass is 244 g/mol. The summed E-state index contributed by atoms with van der Waals surface area (Å²) in [4.78, 5) is -0.352. The molecule has 0 unspecified atom stereocenters. The van der Waals surface area contributed by atoms with Crippen LogP contribution < -0.4 is 0 Å². The summed E-state index contributed by atoms with van der Waals surface area (Å²) >= 11 is 1.19. The van der Waals surface area contributed by atoms with Gasteiger partial charge in [-0.2, -0.15) is 8.42 Å². The lowest BCUT2D eigenvalue weighted by Crippen LogP contribution is -1.91. The molecule has 0 atom stereocenters. The van der Waals surface area contributed by atoms with Crippen molar-refractivity contribution in [2.75, 3.05) is 0 Å². The molecule has 0 aliphatic carbocycles. The third-order valence-corrected chi connectivity index (χ3v) is 3.13. The molecular formula is C8H5FN2O2S2. The number of nitrogens with zero attached hydrogens (tertiary/aromatic N) is 2. The first-order valence-electron chi connectivity index (χ1n) is 3.89. The van der Waals surface area contributed by atoms with E-state index in [2.05, 4.69) is 9.59 Å². The zero-order valence-corrected chi connectivity index (χ0v) is 8.93. The summed E-state index contributed by atoms with van der Waals surface area (Å²) < 4.78 is 37.3. The highest BCUT2D eigenvalue weighted by molar-refractivity contribution is 7.86. The number of halogens is 1. The Morgan fingerprint density at radius 1 is 1.20 bits per heavy atom. The van der Waals surface area contributed by atoms with Gasteiger partial charge in [-0.1, -0.05) is 16.6 Å². The molecule has 0 bridgehead atoms. The molecule has 0 radical (unpaired) electrons. The zero-order chi connectivity index (χ0) is 10.9. The predicted molar refractivity (Wildman–Crippen MR) is 53.6 cm³/mol. The van der Waals surface area contributed by atoms with Crippen LogP contribution in [0.5, 0.6) is 0 Å². The molecular weight excluding hydrogens is 239 g/mol. The fraction of sp³-hybridized carbons (Fsp3) is 0. The molecule has 1 aromatic heterocycles. The minimum atomic E-state index is -4.62. The van der Waals surface area contributed by atoms with E-state index in [9.17, 15) is 12.3 Å². The number of rotatable bonds is 2. The van der Waals surface area contributed by atoms with Gasteiger partial charge in [0.15, 0.2) is 0 Å². The van der Waals surface area contributed by atoms with Gasteiger partial charge < -0.3 is 0 Å². The highest BCUT2D eigenvalue weighted by Gasteiger charge is 2.11. The molecule has 0 saturated heterocycles. The van der Waals surface area contributed by atoms with Crippen LogP contribution in [0.15, 0.2) is 34.5 Å². The highest BCUT2D eigenvalue weighted by atomic mass is 32.3. The third-order valence-electron chi connectivity index (χ3n) is 1.79. The Kier molecular flexibility index (Phi) is 2.49. The van der Waals surface area contributed by atoms with Crippen molar-refractivity contribution < 1.29 is 12.3 Å². The topological polar surface area (TPSA) is 59.9 Å². The maximum absolute atomic E-state index is 12.5. The highest BCUT2D eigenvalue weighted by Crippen LogP contribution is 2.20. The summed E-state index contributed by atoms with van der Waals surface area (Å²) in [5.41, 5.74) is 1.35. The van der Waals surface area contributed by atoms with Crippen LogP contribution in [0.25, 0.3) is 11.3 Å². The van der Waals surface area contributed by atoms with E-state index in [0.29, 0.717) is 11.3 Å². The Bertz CT molecular complexity index is 549. The van der Waals surface area contributed by atoms with Crippen molar-refractivity contribution in [2.24, 2.45) is 0 Å². The second kappa shape index (κ2) is 3.67. The van der Waals surface area contributed by atoms with Gasteiger partial charge in [0.05, 0.1) is 4.90 Å². The van der Waals surface area contributed by atoms with Crippen LogP contribution in [0.4, 0.5) is 3.89 Å². The van der Waals surface area contributed by atoms with E-state index in [1.807, 2.05) is 0 Å². The number of hydrogen-bond donors (Lipinski definition) is 0. The summed E-state index contributed by atoms with van der Waals surface area (Å²) in [5.74, 6) is 0. The van der Waals surface area contributed by atoms with Gasteiger partial charge in [0.25, 0.3) is 0 Å². The molecule has 15 heavy (non-hydrogen) atoms. The summed E-state index contributed by atoms with van der Waals surface area (Å²) in [5, 5.41) is 5.52. The quantitative estimate of drug-likeness (QED) is 0.756. The van der Waals surface area contributed by atoms with Crippen molar-refractivity contribution in [3.05, 3.63) is 29.6 Å². The first kappa shape index (κ1) is 10.2. The average molecular weight is 244 g/mol. The normalized spacial score (nSPS) is 11.5. The largest absolute Gasteiger partial charge is 0.332 e. The third kappa shape index (κ3) is 2.18. The predicted octanol–water partition coefficient (Wildman–Crippen LogP) is 1.86. The van der Waals surface area contributed by atoms with E-state index in [0.717, 1.165) is 0 Å². The van der Waals surface area contributed by atoms with Crippen LogP contribution in [0.2, 0.25) is 0 Å². The summed E-state index contributed by atoms with van der Waals surface area (Å²) in [6.07, 6.45) is 0. The minimum Gasteiger partial charge on any atom is -0.189 e. The molecule has 2 rings (SSSR count). The van der Waals surface area contributed by atoms with Crippen LogP contribution in [0.1, 0.15) is 0 Å². The molecule has 1 heterocycles. The Morgan fingerprint density at radius 2 is 1.87 bits per heavy atom. The minimum absolute atomic E-state index is 0.352. The van der Waals surface area contributed by atoms with Crippen molar-refractivity contribution in [2.45, 2.75) is 4.90 Å². The van der Waals surface area contributed by atoms with E-state index in [4.69, 9.17) is 0 Å². The van der Waals surface area contributed by atoms with Gasteiger partial charge in [-0.3, -0.25) is 0 Å². The van der Waals surface area contributed by atoms with E-state index in [1.54, 1.807) is 5.38 Å². The van der Waals surface area contributed by atoms with E-state index < -0.39 is 10.2 Å². The molecule has 1 aromatic carbocycles. The molecule has 4 nitrogen and oxygen atoms in total. The first-order chi connectivity index (χ1) is 7.07. The zero-order valence-electron chi connectivity index (χ0n) is 7.29. The van der Waals surface area contributed by atoms with Crippen LogP contribution >= 0.6 is 11.5 Å². The Balaban J connectivity index is 2.42. The molecule has 0 fully saturated rings. The van der Waals surface area contributed by atoms with Crippen LogP contribution in [0.3, 0.4) is 0 Å². The fourth-order valence-electron chi connectivity index (χ4n) is 1.08. The summed E-state index contributed by atoms with van der Waals surface area (Å²) in [6, 6.07) is 5.38. The van der Waals surface area contributed by atoms with Crippen molar-refractivity contribution in [3.63, 3.8) is 0 Å². The number of benzene rings is 1. The lowest BCUT2D eigenvalue weighted by atomic mass is 10.2. The van der Waals surface area contributed by atoms with Crippen LogP contribution in [0, 0.1) is 0 Å². The van der Waals surface area contributed by atoms with E-state index in [-0.39, 0.29) is 4.90 Å². The van der Waals surface area contributed by atoms with Crippen molar-refractivity contribution in [3.8, 4) is 11.3 Å². The standard InChI is InChI=1S/C8H5FN2O2S2/c9-15(12,13)7-3-1-6(2-4-7)8-5-14-11-10-8/h1-5H. The second-order valence-corrected chi connectivity index (χ2v) is 4.71. The fourth-order valence-corrected chi connectivity index (χ4v) is 2.01. The molecule has 7 heteroatoms. The van der Waals surface area contributed by atoms with Gasteiger partial charge in [-0.05, 0) is 23.7 Å². The second-order valence-electron chi connectivity index (χ2n) is 2.75. The summed E-state index contributed by atoms with van der Waals surface area (Å²) in [6.45, 7) is 0. The van der Waals surface area contributed by atoms with Crippen molar-refractivity contribution in [1.29, 1.82) is 0 Å². The molecule has 0 spiro atoms. The molecule has 0 aliphatic rings. The van der Waals surface area contributed by atoms with Crippen LogP contribution in [-0.4, -0.2) is 18.0 Å². The van der Waals surface area contributed by atoms with Crippen molar-refractivity contribution in [1.82, 2.24) is 9.59 Å². The Morgan fingerprint density at radius 3 is 2.33 bits per heavy atom. The molecule has 0 amide bonds. The lowest BCUT2D eigenvalue weighted by Gasteiger charge is -1.97. The molecule has 0 saturated carbocycles. The number of aromatic nitrogens is 2. The van der Waals surface area contributed by atoms with Gasteiger partial charge in [0, 0.05) is 10.9 Å². The van der Waals surface area contributed by atoms with Gasteiger partial charge >= 0.3 is 10.2 Å². The van der Waals surface area contributed by atoms with Crippen molar-refractivity contribution >= 4 is 21.8 Å². The van der Waals surface area contributed by atoms with Gasteiger partial charge in [-0.15, -0.1) is 8.98 Å². The SMILES string of the molecule is O=S(=O)(F)c1ccc(-c2csnn2)cc1. The number of hydrogen-bond acceptors (Lipinski definition) is 5. The smallest absolute Gasteiger partial charge is 0.189 e. The van der Waals surface area contributed by atoms with E-state index in [1.165, 1.54) is 35.8 Å². The van der Waals surface area contributed by atoms with Gasteiger partial charge in [-0.25, -0.2) is 0 Å². The van der Waals surface area contributed by atoms with Crippen LogP contribution in [-0.2, 0) is 10.2 Å². The Hall–Kier alpha value is -1.34.